The van der Waals surface area contributed by atoms with E-state index < -0.39 is 0 Å². The molecule has 0 spiro atoms. The number of unbranched alkanes of at least 4 members (excludes halogenated alkanes) is 4. The van der Waals surface area contributed by atoms with Crippen LogP contribution in [-0.2, 0) is 13.0 Å². The Morgan fingerprint density at radius 2 is 1.67 bits per heavy atom. The SMILES string of the molecule is CCCCc1ccc(CN(CCCCCCCl)C(=O)Nc2ccc(Cl)cc2C)cc1. The highest BCUT2D eigenvalue weighted by Crippen LogP contribution is 2.21. The van der Waals surface area contributed by atoms with E-state index in [9.17, 15) is 4.79 Å². The zero-order valence-electron chi connectivity index (χ0n) is 18.2. The van der Waals surface area contributed by atoms with Crippen molar-refractivity contribution < 1.29 is 4.79 Å². The smallest absolute Gasteiger partial charge is 0.320 e. The molecule has 0 aliphatic rings. The molecule has 0 saturated heterocycles. The lowest BCUT2D eigenvalue weighted by molar-refractivity contribution is 0.207. The van der Waals surface area contributed by atoms with Crippen molar-refractivity contribution in [3.05, 3.63) is 64.2 Å². The fourth-order valence-electron chi connectivity index (χ4n) is 3.38. The van der Waals surface area contributed by atoms with Gasteiger partial charge in [-0.05, 0) is 67.5 Å². The Kier molecular flexibility index (Phi) is 11.1. The van der Waals surface area contributed by atoms with Crippen molar-refractivity contribution in [3.63, 3.8) is 0 Å². The van der Waals surface area contributed by atoms with E-state index in [1.54, 1.807) is 6.07 Å². The quantitative estimate of drug-likeness (QED) is 0.260. The summed E-state index contributed by atoms with van der Waals surface area (Å²) >= 11 is 11.8. The summed E-state index contributed by atoms with van der Waals surface area (Å²) in [7, 11) is 0. The van der Waals surface area contributed by atoms with Gasteiger partial charge < -0.3 is 10.2 Å². The Hall–Kier alpha value is -1.71. The molecule has 0 atom stereocenters. The van der Waals surface area contributed by atoms with Gasteiger partial charge >= 0.3 is 6.03 Å². The summed E-state index contributed by atoms with van der Waals surface area (Å²) in [4.78, 5) is 14.9. The first kappa shape index (κ1) is 24.6. The third kappa shape index (κ3) is 8.57. The van der Waals surface area contributed by atoms with Crippen molar-refractivity contribution in [2.24, 2.45) is 0 Å². The van der Waals surface area contributed by atoms with Gasteiger partial charge in [0.15, 0.2) is 0 Å². The van der Waals surface area contributed by atoms with Crippen LogP contribution in [0.5, 0.6) is 0 Å². The van der Waals surface area contributed by atoms with E-state index in [0.29, 0.717) is 17.4 Å². The van der Waals surface area contributed by atoms with Crippen molar-refractivity contribution in [1.82, 2.24) is 4.90 Å². The lowest BCUT2D eigenvalue weighted by Crippen LogP contribution is -2.35. The van der Waals surface area contributed by atoms with Crippen LogP contribution < -0.4 is 5.32 Å². The topological polar surface area (TPSA) is 32.3 Å². The minimum Gasteiger partial charge on any atom is -0.320 e. The second-order valence-corrected chi connectivity index (χ2v) is 8.65. The first-order valence-corrected chi connectivity index (χ1v) is 11.9. The Morgan fingerprint density at radius 3 is 2.33 bits per heavy atom. The molecule has 0 fully saturated rings. The number of carbonyl (C=O) groups excluding carboxylic acids is 1. The predicted molar refractivity (Wildman–Crippen MR) is 130 cm³/mol. The summed E-state index contributed by atoms with van der Waals surface area (Å²) < 4.78 is 0. The Labute approximate surface area is 191 Å². The van der Waals surface area contributed by atoms with E-state index in [4.69, 9.17) is 23.2 Å². The highest BCUT2D eigenvalue weighted by Gasteiger charge is 2.15. The number of hydrogen-bond donors (Lipinski definition) is 1. The molecule has 0 bridgehead atoms. The summed E-state index contributed by atoms with van der Waals surface area (Å²) in [6.07, 6.45) is 7.68. The predicted octanol–water partition coefficient (Wildman–Crippen LogP) is 7.82. The lowest BCUT2D eigenvalue weighted by atomic mass is 10.1. The van der Waals surface area contributed by atoms with Crippen LogP contribution in [-0.4, -0.2) is 23.4 Å². The fraction of sp³-hybridized carbons (Fsp3) is 0.480. The number of rotatable bonds is 12. The van der Waals surface area contributed by atoms with Crippen LogP contribution in [0.4, 0.5) is 10.5 Å². The summed E-state index contributed by atoms with van der Waals surface area (Å²) in [5.74, 6) is 0.699. The normalized spacial score (nSPS) is 10.8. The molecule has 0 saturated carbocycles. The van der Waals surface area contributed by atoms with Gasteiger partial charge in [0.05, 0.1) is 0 Å². The van der Waals surface area contributed by atoms with Gasteiger partial charge in [-0.25, -0.2) is 4.79 Å². The molecule has 3 nitrogen and oxygen atoms in total. The van der Waals surface area contributed by atoms with Gasteiger partial charge in [-0.1, -0.05) is 62.1 Å². The average molecular weight is 449 g/mol. The molecular formula is C25H34Cl2N2O. The fourth-order valence-corrected chi connectivity index (χ4v) is 3.79. The third-order valence-electron chi connectivity index (χ3n) is 5.24. The average Bonchev–Trinajstić information content (AvgIpc) is 2.74. The van der Waals surface area contributed by atoms with Crippen molar-refractivity contribution in [2.45, 2.75) is 65.3 Å². The first-order valence-electron chi connectivity index (χ1n) is 11.0. The number of urea groups is 1. The van der Waals surface area contributed by atoms with Gasteiger partial charge in [-0.2, -0.15) is 0 Å². The largest absolute Gasteiger partial charge is 0.322 e. The summed E-state index contributed by atoms with van der Waals surface area (Å²) in [5.41, 5.74) is 4.26. The zero-order chi connectivity index (χ0) is 21.8. The van der Waals surface area contributed by atoms with Crippen LogP contribution in [0, 0.1) is 6.92 Å². The molecule has 0 heterocycles. The first-order chi connectivity index (χ1) is 14.5. The van der Waals surface area contributed by atoms with Crippen LogP contribution in [0.1, 0.15) is 62.1 Å². The number of hydrogen-bond acceptors (Lipinski definition) is 1. The highest BCUT2D eigenvalue weighted by molar-refractivity contribution is 6.30. The maximum absolute atomic E-state index is 13.0. The number of halogens is 2. The van der Waals surface area contributed by atoms with Crippen molar-refractivity contribution in [1.29, 1.82) is 0 Å². The lowest BCUT2D eigenvalue weighted by Gasteiger charge is -2.24. The molecule has 164 valence electrons. The summed E-state index contributed by atoms with van der Waals surface area (Å²) in [5, 5.41) is 3.73. The Morgan fingerprint density at radius 1 is 0.967 bits per heavy atom. The maximum Gasteiger partial charge on any atom is 0.322 e. The molecule has 0 aliphatic heterocycles. The monoisotopic (exact) mass is 448 g/mol. The minimum absolute atomic E-state index is 0.0761. The third-order valence-corrected chi connectivity index (χ3v) is 5.75. The second-order valence-electron chi connectivity index (χ2n) is 7.83. The Bertz CT molecular complexity index is 777. The Balaban J connectivity index is 2.03. The molecule has 2 rings (SSSR count). The van der Waals surface area contributed by atoms with E-state index in [1.165, 1.54) is 18.4 Å². The van der Waals surface area contributed by atoms with Gasteiger partial charge in [0.2, 0.25) is 0 Å². The van der Waals surface area contributed by atoms with Gasteiger partial charge in [-0.3, -0.25) is 0 Å². The van der Waals surface area contributed by atoms with Crippen LogP contribution in [0.25, 0.3) is 0 Å². The van der Waals surface area contributed by atoms with Gasteiger partial charge in [-0.15, -0.1) is 11.6 Å². The number of nitrogens with zero attached hydrogens (tertiary/aromatic N) is 1. The van der Waals surface area contributed by atoms with Gasteiger partial charge in [0, 0.05) is 29.7 Å². The zero-order valence-corrected chi connectivity index (χ0v) is 19.7. The van der Waals surface area contributed by atoms with Crippen LogP contribution in [0.15, 0.2) is 42.5 Å². The molecule has 0 aromatic heterocycles. The number of nitrogens with one attached hydrogen (secondary N) is 1. The van der Waals surface area contributed by atoms with Crippen molar-refractivity contribution in [2.75, 3.05) is 17.7 Å². The number of anilines is 1. The molecule has 0 radical (unpaired) electrons. The number of amides is 2. The van der Waals surface area contributed by atoms with E-state index >= 15 is 0 Å². The van der Waals surface area contributed by atoms with Crippen molar-refractivity contribution in [3.8, 4) is 0 Å². The van der Waals surface area contributed by atoms with Crippen molar-refractivity contribution >= 4 is 34.9 Å². The molecule has 2 aromatic carbocycles. The summed E-state index contributed by atoms with van der Waals surface area (Å²) in [6.45, 7) is 5.48. The van der Waals surface area contributed by atoms with E-state index in [2.05, 4.69) is 36.5 Å². The molecule has 1 N–H and O–H groups in total. The minimum atomic E-state index is -0.0761. The molecule has 0 aliphatic carbocycles. The van der Waals surface area contributed by atoms with Gasteiger partial charge in [0.1, 0.15) is 0 Å². The number of alkyl halides is 1. The molecule has 2 amide bonds. The molecule has 5 heteroatoms. The van der Waals surface area contributed by atoms with Crippen LogP contribution >= 0.6 is 23.2 Å². The second kappa shape index (κ2) is 13.6. The molecule has 2 aromatic rings. The maximum atomic E-state index is 13.0. The summed E-state index contributed by atoms with van der Waals surface area (Å²) in [6, 6.07) is 14.1. The standard InChI is InChI=1S/C25H34Cl2N2O/c1-3-4-9-21-10-12-22(13-11-21)19-29(17-8-6-5-7-16-26)25(30)28-24-15-14-23(27)18-20(24)2/h10-15,18H,3-9,16-17,19H2,1-2H3,(H,28,30). The van der Waals surface area contributed by atoms with Gasteiger partial charge in [0.25, 0.3) is 0 Å². The van der Waals surface area contributed by atoms with E-state index in [-0.39, 0.29) is 6.03 Å². The number of aryl methyl sites for hydroxylation is 2. The number of carbonyl (C=O) groups is 1. The van der Waals surface area contributed by atoms with E-state index in [0.717, 1.165) is 55.5 Å². The highest BCUT2D eigenvalue weighted by atomic mass is 35.5. The molecule has 30 heavy (non-hydrogen) atoms. The van der Waals surface area contributed by atoms with E-state index in [1.807, 2.05) is 24.0 Å². The van der Waals surface area contributed by atoms with Crippen LogP contribution in [0.2, 0.25) is 5.02 Å². The number of benzene rings is 2. The molecule has 0 unspecified atom stereocenters. The van der Waals surface area contributed by atoms with Crippen LogP contribution in [0.3, 0.4) is 0 Å². The molecular weight excluding hydrogens is 415 g/mol.